The van der Waals surface area contributed by atoms with E-state index in [-0.39, 0.29) is 23.8 Å². The van der Waals surface area contributed by atoms with Gasteiger partial charge in [-0.05, 0) is 74.5 Å². The van der Waals surface area contributed by atoms with E-state index in [1.54, 1.807) is 0 Å². The molecule has 4 aliphatic carbocycles. The van der Waals surface area contributed by atoms with Crippen LogP contribution in [0.3, 0.4) is 0 Å². The number of carbonyl (C=O) groups excluding carboxylic acids is 2. The maximum absolute atomic E-state index is 12.5. The van der Waals surface area contributed by atoms with Crippen LogP contribution < -0.4 is 5.32 Å². The van der Waals surface area contributed by atoms with Gasteiger partial charge < -0.3 is 15.3 Å². The van der Waals surface area contributed by atoms with Crippen LogP contribution in [0.25, 0.3) is 0 Å². The number of hydrogen-bond acceptors (Lipinski definition) is 3. The summed E-state index contributed by atoms with van der Waals surface area (Å²) < 4.78 is 0. The highest BCUT2D eigenvalue weighted by atomic mass is 16.4. The van der Waals surface area contributed by atoms with Gasteiger partial charge in [-0.15, -0.1) is 0 Å². The molecule has 6 nitrogen and oxygen atoms in total. The molecule has 5 aliphatic rings. The van der Waals surface area contributed by atoms with E-state index < -0.39 is 12.0 Å². The summed E-state index contributed by atoms with van der Waals surface area (Å²) in [6, 6.07) is -0.729. The number of aliphatic carboxylic acids is 1. The quantitative estimate of drug-likeness (QED) is 0.793. The first-order chi connectivity index (χ1) is 11.9. The molecule has 2 amide bonds. The zero-order chi connectivity index (χ0) is 17.6. The monoisotopic (exact) mass is 348 g/mol. The molecule has 1 aliphatic heterocycles. The van der Waals surface area contributed by atoms with Gasteiger partial charge in [0.1, 0.15) is 6.04 Å². The summed E-state index contributed by atoms with van der Waals surface area (Å²) in [4.78, 5) is 37.3. The first kappa shape index (κ1) is 16.9. The lowest BCUT2D eigenvalue weighted by Gasteiger charge is -2.56. The van der Waals surface area contributed by atoms with Crippen molar-refractivity contribution in [3.8, 4) is 0 Å². The number of carboxylic acids is 1. The third kappa shape index (κ3) is 3.27. The van der Waals surface area contributed by atoms with Gasteiger partial charge in [0, 0.05) is 13.0 Å². The first-order valence-electron chi connectivity index (χ1n) is 9.73. The Bertz CT molecular complexity index is 553. The van der Waals surface area contributed by atoms with Crippen molar-refractivity contribution in [2.45, 2.75) is 63.8 Å². The van der Waals surface area contributed by atoms with Crippen LogP contribution in [0.1, 0.15) is 57.8 Å². The fraction of sp³-hybridized carbons (Fsp3) is 0.842. The molecular formula is C19H28N2O4. The van der Waals surface area contributed by atoms with E-state index in [9.17, 15) is 19.5 Å². The summed E-state index contributed by atoms with van der Waals surface area (Å²) in [6.45, 7) is 0.398. The Balaban J connectivity index is 1.30. The summed E-state index contributed by atoms with van der Waals surface area (Å²) in [5.74, 6) is 1.15. The lowest BCUT2D eigenvalue weighted by Crippen LogP contribution is -2.49. The fourth-order valence-corrected chi connectivity index (χ4v) is 6.51. The Kier molecular flexibility index (Phi) is 4.24. The van der Waals surface area contributed by atoms with Crippen molar-refractivity contribution in [2.24, 2.45) is 23.2 Å². The van der Waals surface area contributed by atoms with Crippen LogP contribution in [-0.4, -0.2) is 46.9 Å². The topological polar surface area (TPSA) is 86.7 Å². The molecule has 6 heteroatoms. The van der Waals surface area contributed by atoms with E-state index in [1.165, 1.54) is 43.4 Å². The molecule has 0 spiro atoms. The number of hydrogen-bond donors (Lipinski definition) is 2. The van der Waals surface area contributed by atoms with Crippen LogP contribution in [0.4, 0.5) is 0 Å². The van der Waals surface area contributed by atoms with Crippen LogP contribution in [0.5, 0.6) is 0 Å². The van der Waals surface area contributed by atoms with Crippen LogP contribution in [0.2, 0.25) is 0 Å². The van der Waals surface area contributed by atoms with Crippen molar-refractivity contribution in [3.63, 3.8) is 0 Å². The smallest absolute Gasteiger partial charge is 0.326 e. The average molecular weight is 348 g/mol. The normalized spacial score (nSPS) is 38.8. The van der Waals surface area contributed by atoms with Crippen LogP contribution in [0, 0.1) is 23.2 Å². The van der Waals surface area contributed by atoms with Crippen molar-refractivity contribution >= 4 is 17.8 Å². The average Bonchev–Trinajstić information content (AvgIpc) is 3.00. The minimum atomic E-state index is -0.953. The lowest BCUT2D eigenvalue weighted by molar-refractivity contribution is -0.148. The van der Waals surface area contributed by atoms with Crippen molar-refractivity contribution in [1.29, 1.82) is 0 Å². The second kappa shape index (κ2) is 6.29. The molecule has 4 bridgehead atoms. The summed E-state index contributed by atoms with van der Waals surface area (Å²) in [5, 5.41) is 11.9. The minimum absolute atomic E-state index is 0.0404. The number of nitrogens with zero attached hydrogens (tertiary/aromatic N) is 1. The molecular weight excluding hydrogens is 320 g/mol. The third-order valence-electron chi connectivity index (χ3n) is 7.00. The molecule has 1 heterocycles. The van der Waals surface area contributed by atoms with Crippen LogP contribution in [0.15, 0.2) is 0 Å². The highest BCUT2D eigenvalue weighted by Crippen LogP contribution is 2.61. The van der Waals surface area contributed by atoms with E-state index in [1.807, 2.05) is 0 Å². The van der Waals surface area contributed by atoms with Gasteiger partial charge in [0.25, 0.3) is 0 Å². The van der Waals surface area contributed by atoms with Gasteiger partial charge in [-0.1, -0.05) is 0 Å². The zero-order valence-electron chi connectivity index (χ0n) is 14.7. The second-order valence-corrected chi connectivity index (χ2v) is 8.95. The molecule has 1 unspecified atom stereocenters. The molecule has 4 saturated carbocycles. The Morgan fingerprint density at radius 3 is 2.20 bits per heavy atom. The van der Waals surface area contributed by atoms with Crippen LogP contribution >= 0.6 is 0 Å². The molecule has 0 aromatic heterocycles. The summed E-state index contributed by atoms with van der Waals surface area (Å²) in [6.07, 6.45) is 9.33. The van der Waals surface area contributed by atoms with E-state index in [0.29, 0.717) is 25.8 Å². The molecule has 2 N–H and O–H groups in total. The summed E-state index contributed by atoms with van der Waals surface area (Å²) >= 11 is 0. The Hall–Kier alpha value is -1.59. The molecule has 5 fully saturated rings. The number of nitrogens with one attached hydrogen (secondary N) is 1. The molecule has 0 aromatic rings. The maximum Gasteiger partial charge on any atom is 0.326 e. The summed E-state index contributed by atoms with van der Waals surface area (Å²) in [7, 11) is 0. The predicted octanol–water partition coefficient (Wildman–Crippen LogP) is 1.78. The predicted molar refractivity (Wildman–Crippen MR) is 90.6 cm³/mol. The number of rotatable bonds is 5. The summed E-state index contributed by atoms with van der Waals surface area (Å²) in [5.41, 5.74) is 0.166. The molecule has 5 rings (SSSR count). The van der Waals surface area contributed by atoms with E-state index >= 15 is 0 Å². The third-order valence-corrected chi connectivity index (χ3v) is 7.00. The van der Waals surface area contributed by atoms with Crippen molar-refractivity contribution in [2.75, 3.05) is 13.1 Å². The van der Waals surface area contributed by atoms with Crippen molar-refractivity contribution < 1.29 is 19.5 Å². The zero-order valence-corrected chi connectivity index (χ0v) is 14.7. The first-order valence-corrected chi connectivity index (χ1v) is 9.73. The molecule has 138 valence electrons. The number of carboxylic acid groups (broad SMARTS) is 1. The van der Waals surface area contributed by atoms with Gasteiger partial charge in [-0.25, -0.2) is 4.79 Å². The number of likely N-dealkylation sites (tertiary alicyclic amines) is 1. The highest BCUT2D eigenvalue weighted by molar-refractivity contribution is 5.88. The number of amides is 2. The molecule has 1 atom stereocenters. The largest absolute Gasteiger partial charge is 0.480 e. The standard InChI is InChI=1S/C19H28N2O4/c22-16(20-11-17(23)21-3-1-2-15(21)18(24)25)10-19-7-12-4-13(8-19)6-14(5-12)9-19/h12-15H,1-11H2,(H,20,22)(H,24,25). The van der Waals surface area contributed by atoms with Crippen LogP contribution in [-0.2, 0) is 14.4 Å². The number of carbonyl (C=O) groups is 3. The Labute approximate surface area is 148 Å². The van der Waals surface area contributed by atoms with Crippen molar-refractivity contribution in [1.82, 2.24) is 10.2 Å². The molecule has 0 radical (unpaired) electrons. The molecule has 0 aromatic carbocycles. The fourth-order valence-electron chi connectivity index (χ4n) is 6.51. The molecule has 25 heavy (non-hydrogen) atoms. The molecule has 1 saturated heterocycles. The van der Waals surface area contributed by atoms with E-state index in [4.69, 9.17) is 0 Å². The Morgan fingerprint density at radius 2 is 1.64 bits per heavy atom. The minimum Gasteiger partial charge on any atom is -0.480 e. The van der Waals surface area contributed by atoms with Gasteiger partial charge in [-0.2, -0.15) is 0 Å². The highest BCUT2D eigenvalue weighted by Gasteiger charge is 2.51. The van der Waals surface area contributed by atoms with Crippen molar-refractivity contribution in [3.05, 3.63) is 0 Å². The van der Waals surface area contributed by atoms with Gasteiger partial charge in [0.2, 0.25) is 11.8 Å². The van der Waals surface area contributed by atoms with Gasteiger partial charge >= 0.3 is 5.97 Å². The van der Waals surface area contributed by atoms with Gasteiger partial charge in [0.15, 0.2) is 0 Å². The maximum atomic E-state index is 12.5. The van der Waals surface area contributed by atoms with Gasteiger partial charge in [0.05, 0.1) is 6.54 Å². The van der Waals surface area contributed by atoms with Gasteiger partial charge in [-0.3, -0.25) is 9.59 Å². The Morgan fingerprint density at radius 1 is 1.04 bits per heavy atom. The van der Waals surface area contributed by atoms with E-state index in [2.05, 4.69) is 5.32 Å². The van der Waals surface area contributed by atoms with E-state index in [0.717, 1.165) is 17.8 Å². The lowest BCUT2D eigenvalue weighted by atomic mass is 9.49. The second-order valence-electron chi connectivity index (χ2n) is 8.95. The SMILES string of the molecule is O=C(CC12CC3CC(CC(C3)C1)C2)NCC(=O)N1CCCC1C(=O)O.